The maximum absolute atomic E-state index is 11.2. The van der Waals surface area contributed by atoms with Crippen LogP contribution < -0.4 is 0 Å². The van der Waals surface area contributed by atoms with E-state index in [1.807, 2.05) is 0 Å². The molecule has 0 amide bonds. The van der Waals surface area contributed by atoms with Gasteiger partial charge in [0, 0.05) is 6.07 Å². The first-order chi connectivity index (χ1) is 8.63. The van der Waals surface area contributed by atoms with Gasteiger partial charge in [-0.3, -0.25) is 10.1 Å². The second-order valence-electron chi connectivity index (χ2n) is 3.43. The van der Waals surface area contributed by atoms with Crippen LogP contribution in [0, 0.1) is 10.1 Å². The van der Waals surface area contributed by atoms with Gasteiger partial charge in [0.25, 0.3) is 5.69 Å². The molecule has 0 aliphatic carbocycles. The van der Waals surface area contributed by atoms with Crippen LogP contribution in [0.3, 0.4) is 0 Å². The molecule has 0 bridgehead atoms. The molecule has 0 aliphatic rings. The van der Waals surface area contributed by atoms with Crippen molar-refractivity contribution in [1.82, 2.24) is 0 Å². The van der Waals surface area contributed by atoms with E-state index in [4.69, 9.17) is 4.42 Å². The molecule has 0 radical (unpaired) electrons. The fourth-order valence-electron chi connectivity index (χ4n) is 1.53. The van der Waals surface area contributed by atoms with Crippen molar-refractivity contribution in [1.29, 1.82) is 0 Å². The van der Waals surface area contributed by atoms with Crippen molar-refractivity contribution in [3.05, 3.63) is 52.3 Å². The molecule has 6 heteroatoms. The maximum atomic E-state index is 11.2. The number of furan rings is 1. The van der Waals surface area contributed by atoms with E-state index in [0.29, 0.717) is 5.56 Å². The minimum atomic E-state index is -0.625. The summed E-state index contributed by atoms with van der Waals surface area (Å²) >= 11 is 0. The van der Waals surface area contributed by atoms with Gasteiger partial charge in [-0.05, 0) is 18.2 Å². The molecule has 2 rings (SSSR count). The molecule has 0 fully saturated rings. The summed E-state index contributed by atoms with van der Waals surface area (Å²) in [6.07, 6.45) is 0. The smallest absolute Gasteiger partial charge is 0.373 e. The predicted molar refractivity (Wildman–Crippen MR) is 62.1 cm³/mol. The zero-order valence-corrected chi connectivity index (χ0v) is 9.45. The molecular weight excluding hydrogens is 238 g/mol. The highest BCUT2D eigenvalue weighted by molar-refractivity contribution is 5.87. The molecular formula is C12H9NO5. The molecule has 0 spiro atoms. The zero-order chi connectivity index (χ0) is 13.1. The molecule has 0 atom stereocenters. The number of nitro benzene ring substituents is 1. The molecule has 92 valence electrons. The third-order valence-corrected chi connectivity index (χ3v) is 2.36. The molecule has 1 aromatic heterocycles. The molecule has 0 aliphatic heterocycles. The second-order valence-corrected chi connectivity index (χ2v) is 3.43. The third-order valence-electron chi connectivity index (χ3n) is 2.36. The van der Waals surface area contributed by atoms with Crippen molar-refractivity contribution >= 4 is 11.7 Å². The molecule has 1 aromatic carbocycles. The zero-order valence-electron chi connectivity index (χ0n) is 9.45. The van der Waals surface area contributed by atoms with E-state index in [0.717, 1.165) is 0 Å². The van der Waals surface area contributed by atoms with Gasteiger partial charge in [0.2, 0.25) is 5.76 Å². The molecule has 0 saturated heterocycles. The van der Waals surface area contributed by atoms with Gasteiger partial charge in [-0.25, -0.2) is 4.79 Å². The number of nitrogens with zero attached hydrogens (tertiary/aromatic N) is 1. The first kappa shape index (κ1) is 11.8. The predicted octanol–water partition coefficient (Wildman–Crippen LogP) is 2.64. The minimum absolute atomic E-state index is 0.00523. The number of hydrogen-bond acceptors (Lipinski definition) is 5. The number of rotatable bonds is 3. The number of carbonyl (C=O) groups is 1. The molecule has 0 saturated carbocycles. The van der Waals surface area contributed by atoms with Crippen LogP contribution in [0.25, 0.3) is 11.3 Å². The van der Waals surface area contributed by atoms with Gasteiger partial charge in [-0.15, -0.1) is 0 Å². The van der Waals surface area contributed by atoms with Crippen LogP contribution in [0.4, 0.5) is 5.69 Å². The summed E-state index contributed by atoms with van der Waals surface area (Å²) in [6.45, 7) is 0. The Morgan fingerprint density at radius 2 is 2.00 bits per heavy atom. The fraction of sp³-hybridized carbons (Fsp3) is 0.0833. The molecule has 18 heavy (non-hydrogen) atoms. The first-order valence-electron chi connectivity index (χ1n) is 5.05. The molecule has 1 heterocycles. The number of para-hydroxylation sites is 1. The monoisotopic (exact) mass is 247 g/mol. The van der Waals surface area contributed by atoms with Gasteiger partial charge in [0.1, 0.15) is 5.76 Å². The Morgan fingerprint density at radius 1 is 1.28 bits per heavy atom. The van der Waals surface area contributed by atoms with Crippen molar-refractivity contribution in [2.75, 3.05) is 7.11 Å². The summed E-state index contributed by atoms with van der Waals surface area (Å²) < 4.78 is 9.73. The molecule has 6 nitrogen and oxygen atoms in total. The average Bonchev–Trinajstić information content (AvgIpc) is 2.87. The molecule has 0 N–H and O–H groups in total. The number of carbonyl (C=O) groups excluding carboxylic acids is 1. The quantitative estimate of drug-likeness (QED) is 0.473. The fourth-order valence-corrected chi connectivity index (χ4v) is 1.53. The SMILES string of the molecule is COC(=O)c1ccc(-c2ccccc2[N+](=O)[O-])o1. The summed E-state index contributed by atoms with van der Waals surface area (Å²) in [5, 5.41) is 10.9. The van der Waals surface area contributed by atoms with Crippen LogP contribution in [0.2, 0.25) is 0 Å². The highest BCUT2D eigenvalue weighted by atomic mass is 16.6. The third kappa shape index (κ3) is 2.08. The minimum Gasteiger partial charge on any atom is -0.463 e. The van der Waals surface area contributed by atoms with E-state index >= 15 is 0 Å². The van der Waals surface area contributed by atoms with Crippen molar-refractivity contribution in [2.45, 2.75) is 0 Å². The lowest BCUT2D eigenvalue weighted by Gasteiger charge is -1.99. The average molecular weight is 247 g/mol. The van der Waals surface area contributed by atoms with Crippen molar-refractivity contribution in [3.63, 3.8) is 0 Å². The Balaban J connectivity index is 2.46. The summed E-state index contributed by atoms with van der Waals surface area (Å²) in [6, 6.07) is 9.05. The van der Waals surface area contributed by atoms with Gasteiger partial charge in [-0.1, -0.05) is 12.1 Å². The van der Waals surface area contributed by atoms with Crippen LogP contribution in [0.1, 0.15) is 10.6 Å². The Hall–Kier alpha value is -2.63. The van der Waals surface area contributed by atoms with Gasteiger partial charge < -0.3 is 9.15 Å². The summed E-state index contributed by atoms with van der Waals surface area (Å²) in [5.41, 5.74) is 0.237. The number of hydrogen-bond donors (Lipinski definition) is 0. The summed E-state index contributed by atoms with van der Waals surface area (Å²) in [4.78, 5) is 21.6. The Bertz CT molecular complexity index is 602. The number of ether oxygens (including phenoxy) is 1. The highest BCUT2D eigenvalue weighted by Gasteiger charge is 2.19. The topological polar surface area (TPSA) is 82.6 Å². The number of nitro groups is 1. The number of methoxy groups -OCH3 is 1. The van der Waals surface area contributed by atoms with Crippen LogP contribution in [-0.2, 0) is 4.74 Å². The van der Waals surface area contributed by atoms with Gasteiger partial charge in [0.05, 0.1) is 17.6 Å². The normalized spacial score (nSPS) is 10.1. The van der Waals surface area contributed by atoms with E-state index in [9.17, 15) is 14.9 Å². The molecule has 2 aromatic rings. The highest BCUT2D eigenvalue weighted by Crippen LogP contribution is 2.30. The maximum Gasteiger partial charge on any atom is 0.373 e. The Kier molecular flexibility index (Phi) is 3.09. The van der Waals surface area contributed by atoms with E-state index in [1.165, 1.54) is 25.3 Å². The second kappa shape index (κ2) is 4.70. The lowest BCUT2D eigenvalue weighted by atomic mass is 10.1. The van der Waals surface area contributed by atoms with E-state index in [2.05, 4.69) is 4.74 Å². The largest absolute Gasteiger partial charge is 0.463 e. The molecule has 0 unspecified atom stereocenters. The van der Waals surface area contributed by atoms with Gasteiger partial charge in [0.15, 0.2) is 0 Å². The van der Waals surface area contributed by atoms with Gasteiger partial charge in [-0.2, -0.15) is 0 Å². The Morgan fingerprint density at radius 3 is 2.67 bits per heavy atom. The number of benzene rings is 1. The summed E-state index contributed by atoms with van der Waals surface area (Å²) in [7, 11) is 1.23. The van der Waals surface area contributed by atoms with Crippen LogP contribution in [0.5, 0.6) is 0 Å². The van der Waals surface area contributed by atoms with Crippen LogP contribution in [0.15, 0.2) is 40.8 Å². The Labute approximate surface area is 102 Å². The van der Waals surface area contributed by atoms with Gasteiger partial charge >= 0.3 is 5.97 Å². The number of esters is 1. The van der Waals surface area contributed by atoms with Crippen molar-refractivity contribution < 1.29 is 18.9 Å². The van der Waals surface area contributed by atoms with Crippen LogP contribution >= 0.6 is 0 Å². The standard InChI is InChI=1S/C12H9NO5/c1-17-12(14)11-7-6-10(18-11)8-4-2-3-5-9(8)13(15)16/h2-7H,1H3. The lowest BCUT2D eigenvalue weighted by Crippen LogP contribution is -1.98. The summed E-state index contributed by atoms with van der Waals surface area (Å²) in [5.74, 6) is -0.367. The van der Waals surface area contributed by atoms with E-state index < -0.39 is 10.9 Å². The van der Waals surface area contributed by atoms with Crippen LogP contribution in [-0.4, -0.2) is 18.0 Å². The first-order valence-corrected chi connectivity index (χ1v) is 5.05. The van der Waals surface area contributed by atoms with E-state index in [-0.39, 0.29) is 17.2 Å². The van der Waals surface area contributed by atoms with E-state index in [1.54, 1.807) is 18.2 Å². The van der Waals surface area contributed by atoms with Crippen molar-refractivity contribution in [3.8, 4) is 11.3 Å². The van der Waals surface area contributed by atoms with Crippen molar-refractivity contribution in [2.24, 2.45) is 0 Å². The lowest BCUT2D eigenvalue weighted by molar-refractivity contribution is -0.384.